The monoisotopic (exact) mass is 389 g/mol. The van der Waals surface area contributed by atoms with Gasteiger partial charge in [-0.1, -0.05) is 42.7 Å². The zero-order valence-electron chi connectivity index (χ0n) is 16.1. The average molecular weight is 390 g/mol. The lowest BCUT2D eigenvalue weighted by molar-refractivity contribution is 0.325. The molecular formula is C21H27NO4S. The second-order valence-corrected chi connectivity index (χ2v) is 8.77. The molecule has 6 heteroatoms. The van der Waals surface area contributed by atoms with Crippen LogP contribution >= 0.6 is 0 Å². The summed E-state index contributed by atoms with van der Waals surface area (Å²) in [5.41, 5.74) is 2.18. The van der Waals surface area contributed by atoms with Crippen molar-refractivity contribution in [2.24, 2.45) is 0 Å². The number of hydrogen-bond acceptors (Lipinski definition) is 4. The van der Waals surface area contributed by atoms with E-state index in [2.05, 4.69) is 6.07 Å². The van der Waals surface area contributed by atoms with Gasteiger partial charge in [-0.25, -0.2) is 8.42 Å². The summed E-state index contributed by atoms with van der Waals surface area (Å²) in [4.78, 5) is 0.156. The van der Waals surface area contributed by atoms with Crippen LogP contribution in [0.2, 0.25) is 0 Å². The van der Waals surface area contributed by atoms with Gasteiger partial charge in [-0.2, -0.15) is 4.31 Å². The summed E-state index contributed by atoms with van der Waals surface area (Å²) in [5.74, 6) is 0.833. The van der Waals surface area contributed by atoms with E-state index in [1.807, 2.05) is 25.1 Å². The van der Waals surface area contributed by atoms with Crippen LogP contribution in [0.4, 0.5) is 0 Å². The molecule has 0 aromatic heterocycles. The van der Waals surface area contributed by atoms with Crippen LogP contribution in [0, 0.1) is 6.92 Å². The maximum atomic E-state index is 13.6. The summed E-state index contributed by atoms with van der Waals surface area (Å²) >= 11 is 0. The van der Waals surface area contributed by atoms with Gasteiger partial charge in [0.25, 0.3) is 0 Å². The zero-order chi connectivity index (χ0) is 19.4. The van der Waals surface area contributed by atoms with Gasteiger partial charge in [-0.3, -0.25) is 0 Å². The first-order valence-corrected chi connectivity index (χ1v) is 10.7. The average Bonchev–Trinajstić information content (AvgIpc) is 2.94. The van der Waals surface area contributed by atoms with E-state index >= 15 is 0 Å². The summed E-state index contributed by atoms with van der Waals surface area (Å²) in [7, 11) is -0.728. The van der Waals surface area contributed by atoms with Crippen molar-refractivity contribution in [2.75, 3.05) is 20.8 Å². The third-order valence-electron chi connectivity index (χ3n) is 5.09. The Morgan fingerprint density at radius 3 is 2.52 bits per heavy atom. The lowest BCUT2D eigenvalue weighted by Gasteiger charge is -2.30. The minimum atomic E-state index is -3.74. The van der Waals surface area contributed by atoms with Crippen molar-refractivity contribution < 1.29 is 17.9 Å². The Morgan fingerprint density at radius 2 is 1.81 bits per heavy atom. The molecule has 1 fully saturated rings. The molecular weight excluding hydrogens is 362 g/mol. The number of nitrogens with zero attached hydrogens (tertiary/aromatic N) is 1. The number of methoxy groups -OCH3 is 2. The van der Waals surface area contributed by atoms with E-state index in [9.17, 15) is 8.42 Å². The highest BCUT2D eigenvalue weighted by molar-refractivity contribution is 7.89. The molecule has 1 saturated heterocycles. The van der Waals surface area contributed by atoms with E-state index in [0.717, 1.165) is 36.8 Å². The van der Waals surface area contributed by atoms with E-state index < -0.39 is 10.0 Å². The molecule has 0 saturated carbocycles. The van der Waals surface area contributed by atoms with Crippen LogP contribution in [0.3, 0.4) is 0 Å². The largest absolute Gasteiger partial charge is 0.497 e. The van der Waals surface area contributed by atoms with Crippen molar-refractivity contribution in [1.82, 2.24) is 4.31 Å². The van der Waals surface area contributed by atoms with Crippen LogP contribution in [0.1, 0.15) is 42.9 Å². The van der Waals surface area contributed by atoms with Gasteiger partial charge in [0, 0.05) is 12.6 Å². The van der Waals surface area contributed by atoms with Gasteiger partial charge in [0.2, 0.25) is 10.0 Å². The number of ether oxygens (including phenoxy) is 2. The molecule has 0 N–H and O–H groups in total. The number of benzene rings is 2. The Labute approximate surface area is 162 Å². The number of aryl methyl sites for hydroxylation is 1. The Morgan fingerprint density at radius 1 is 1.00 bits per heavy atom. The van der Waals surface area contributed by atoms with Crippen molar-refractivity contribution in [3.8, 4) is 11.5 Å². The molecule has 1 aliphatic rings. The van der Waals surface area contributed by atoms with E-state index in [-0.39, 0.29) is 10.9 Å². The molecule has 0 bridgehead atoms. The van der Waals surface area contributed by atoms with E-state index in [1.165, 1.54) is 14.2 Å². The van der Waals surface area contributed by atoms with Gasteiger partial charge in [-0.05, 0) is 37.5 Å². The van der Waals surface area contributed by atoms with Gasteiger partial charge in [-0.15, -0.1) is 0 Å². The molecule has 0 radical (unpaired) electrons. The van der Waals surface area contributed by atoms with Crippen LogP contribution < -0.4 is 9.47 Å². The van der Waals surface area contributed by atoms with Gasteiger partial charge < -0.3 is 9.47 Å². The number of rotatable bonds is 5. The minimum Gasteiger partial charge on any atom is -0.497 e. The molecule has 27 heavy (non-hydrogen) atoms. The normalized spacial score (nSPS) is 18.7. The molecule has 3 rings (SSSR count). The van der Waals surface area contributed by atoms with Crippen LogP contribution in [-0.2, 0) is 10.0 Å². The molecule has 2 aromatic carbocycles. The van der Waals surface area contributed by atoms with Crippen LogP contribution in [0.5, 0.6) is 11.5 Å². The van der Waals surface area contributed by atoms with Gasteiger partial charge in [0.15, 0.2) is 0 Å². The molecule has 0 spiro atoms. The van der Waals surface area contributed by atoms with E-state index in [0.29, 0.717) is 18.0 Å². The third-order valence-corrected chi connectivity index (χ3v) is 7.02. The van der Waals surface area contributed by atoms with Crippen LogP contribution in [-0.4, -0.2) is 33.5 Å². The molecule has 0 amide bonds. The topological polar surface area (TPSA) is 55.8 Å². The van der Waals surface area contributed by atoms with Crippen molar-refractivity contribution in [1.29, 1.82) is 0 Å². The van der Waals surface area contributed by atoms with Crippen LogP contribution in [0.15, 0.2) is 47.4 Å². The first-order valence-electron chi connectivity index (χ1n) is 9.28. The maximum absolute atomic E-state index is 13.6. The van der Waals surface area contributed by atoms with Crippen molar-refractivity contribution in [2.45, 2.75) is 43.5 Å². The standard InChI is InChI=1S/C21H27NO4S/c1-16-8-7-9-17(14-16)19-10-5-4-6-13-22(19)27(23,24)21-15-18(25-2)11-12-20(21)26-3/h7-9,11-12,14-15,19H,4-6,10,13H2,1-3H3/t19-/m0/s1. The first kappa shape index (κ1) is 19.7. The van der Waals surface area contributed by atoms with E-state index in [4.69, 9.17) is 9.47 Å². The fourth-order valence-corrected chi connectivity index (χ4v) is 5.55. The minimum absolute atomic E-state index is 0.156. The SMILES string of the molecule is COc1ccc(OC)c(S(=O)(=O)N2CCCCC[C@H]2c2cccc(C)c2)c1. The Hall–Kier alpha value is -2.05. The summed E-state index contributed by atoms with van der Waals surface area (Å²) in [6.07, 6.45) is 3.71. The molecule has 5 nitrogen and oxygen atoms in total. The summed E-state index contributed by atoms with van der Waals surface area (Å²) in [6.45, 7) is 2.53. The molecule has 146 valence electrons. The third kappa shape index (κ3) is 4.12. The molecule has 0 aliphatic carbocycles. The summed E-state index contributed by atoms with van der Waals surface area (Å²) < 4.78 is 39.5. The number of sulfonamides is 1. The molecule has 1 atom stereocenters. The zero-order valence-corrected chi connectivity index (χ0v) is 17.0. The van der Waals surface area contributed by atoms with Gasteiger partial charge >= 0.3 is 0 Å². The van der Waals surface area contributed by atoms with E-state index in [1.54, 1.807) is 22.5 Å². The van der Waals surface area contributed by atoms with Gasteiger partial charge in [0.05, 0.1) is 20.3 Å². The molecule has 1 heterocycles. The Bertz CT molecular complexity index is 895. The van der Waals surface area contributed by atoms with Gasteiger partial charge in [0.1, 0.15) is 16.4 Å². The first-order chi connectivity index (χ1) is 13.0. The second kappa shape index (κ2) is 8.31. The quantitative estimate of drug-likeness (QED) is 0.764. The maximum Gasteiger partial charge on any atom is 0.247 e. The molecule has 2 aromatic rings. The fourth-order valence-electron chi connectivity index (χ4n) is 3.69. The summed E-state index contributed by atoms with van der Waals surface area (Å²) in [5, 5.41) is 0. The lowest BCUT2D eigenvalue weighted by Crippen LogP contribution is -2.35. The van der Waals surface area contributed by atoms with Crippen LogP contribution in [0.25, 0.3) is 0 Å². The highest BCUT2D eigenvalue weighted by Crippen LogP contribution is 2.38. The summed E-state index contributed by atoms with van der Waals surface area (Å²) in [6, 6.07) is 12.9. The molecule has 1 aliphatic heterocycles. The Kier molecular flexibility index (Phi) is 6.07. The second-order valence-electron chi connectivity index (χ2n) is 6.91. The predicted octanol–water partition coefficient (Wildman–Crippen LogP) is 4.32. The fraction of sp³-hybridized carbons (Fsp3) is 0.429. The Balaban J connectivity index is 2.09. The molecule has 0 unspecified atom stereocenters. The smallest absolute Gasteiger partial charge is 0.247 e. The van der Waals surface area contributed by atoms with Crippen molar-refractivity contribution in [3.05, 3.63) is 53.6 Å². The predicted molar refractivity (Wildman–Crippen MR) is 106 cm³/mol. The highest BCUT2D eigenvalue weighted by Gasteiger charge is 2.35. The van der Waals surface area contributed by atoms with Crippen molar-refractivity contribution >= 4 is 10.0 Å². The van der Waals surface area contributed by atoms with Crippen molar-refractivity contribution in [3.63, 3.8) is 0 Å². The lowest BCUT2D eigenvalue weighted by atomic mass is 10.0. The number of hydrogen-bond donors (Lipinski definition) is 0. The highest BCUT2D eigenvalue weighted by atomic mass is 32.2.